The summed E-state index contributed by atoms with van der Waals surface area (Å²) in [6.07, 6.45) is 1.68. The second-order valence-electron chi connectivity index (χ2n) is 6.31. The quantitative estimate of drug-likeness (QED) is 0.631. The topological polar surface area (TPSA) is 38.0 Å². The number of benzene rings is 1. The second-order valence-corrected chi connectivity index (χ2v) is 7.16. The molecule has 0 aliphatic rings. The highest BCUT2D eigenvalue weighted by atomic mass is 79.9. The summed E-state index contributed by atoms with van der Waals surface area (Å²) in [5.41, 5.74) is 4.05. The molecule has 108 valence electrons. The van der Waals surface area contributed by atoms with Crippen molar-refractivity contribution in [1.29, 1.82) is 0 Å². The van der Waals surface area contributed by atoms with Gasteiger partial charge in [-0.25, -0.2) is 4.39 Å². The minimum Gasteiger partial charge on any atom is -0.271 e. The number of rotatable bonds is 5. The van der Waals surface area contributed by atoms with Crippen LogP contribution in [0, 0.1) is 17.2 Å². The van der Waals surface area contributed by atoms with Crippen LogP contribution in [0.2, 0.25) is 0 Å². The van der Waals surface area contributed by atoms with Crippen molar-refractivity contribution in [2.24, 2.45) is 17.2 Å². The SMILES string of the molecule is CC(CC(Cc1cc(F)ccc1Br)NN)C(C)(C)C. The van der Waals surface area contributed by atoms with E-state index >= 15 is 0 Å². The van der Waals surface area contributed by atoms with E-state index in [-0.39, 0.29) is 17.3 Å². The molecule has 0 amide bonds. The summed E-state index contributed by atoms with van der Waals surface area (Å²) in [6.45, 7) is 8.90. The minimum atomic E-state index is -0.210. The Morgan fingerprint density at radius 1 is 1.37 bits per heavy atom. The van der Waals surface area contributed by atoms with Crippen molar-refractivity contribution in [1.82, 2.24) is 5.43 Å². The van der Waals surface area contributed by atoms with E-state index < -0.39 is 0 Å². The van der Waals surface area contributed by atoms with Gasteiger partial charge >= 0.3 is 0 Å². The third-order valence-corrected chi connectivity index (χ3v) is 4.60. The first-order valence-electron chi connectivity index (χ1n) is 6.64. The monoisotopic (exact) mass is 330 g/mol. The predicted molar refractivity (Wildman–Crippen MR) is 82.2 cm³/mol. The van der Waals surface area contributed by atoms with Crippen LogP contribution in [0.5, 0.6) is 0 Å². The van der Waals surface area contributed by atoms with E-state index in [0.29, 0.717) is 5.92 Å². The molecule has 2 unspecified atom stereocenters. The van der Waals surface area contributed by atoms with Crippen LogP contribution >= 0.6 is 15.9 Å². The molecule has 1 rings (SSSR count). The fourth-order valence-corrected chi connectivity index (χ4v) is 2.36. The molecule has 0 bridgehead atoms. The molecule has 0 spiro atoms. The van der Waals surface area contributed by atoms with Crippen molar-refractivity contribution >= 4 is 15.9 Å². The van der Waals surface area contributed by atoms with Crippen LogP contribution in [-0.4, -0.2) is 6.04 Å². The maximum Gasteiger partial charge on any atom is 0.123 e. The van der Waals surface area contributed by atoms with Crippen molar-refractivity contribution in [2.75, 3.05) is 0 Å². The summed E-state index contributed by atoms with van der Waals surface area (Å²) in [7, 11) is 0. The summed E-state index contributed by atoms with van der Waals surface area (Å²) in [5.74, 6) is 5.96. The van der Waals surface area contributed by atoms with Gasteiger partial charge in [-0.05, 0) is 47.9 Å². The lowest BCUT2D eigenvalue weighted by Gasteiger charge is -2.30. The summed E-state index contributed by atoms with van der Waals surface area (Å²) in [4.78, 5) is 0. The molecule has 4 heteroatoms. The van der Waals surface area contributed by atoms with Crippen LogP contribution in [0.15, 0.2) is 22.7 Å². The van der Waals surface area contributed by atoms with Crippen molar-refractivity contribution in [3.8, 4) is 0 Å². The van der Waals surface area contributed by atoms with Crippen molar-refractivity contribution in [3.05, 3.63) is 34.1 Å². The van der Waals surface area contributed by atoms with Crippen LogP contribution in [0.25, 0.3) is 0 Å². The van der Waals surface area contributed by atoms with Gasteiger partial charge in [-0.15, -0.1) is 0 Å². The van der Waals surface area contributed by atoms with Gasteiger partial charge in [0.1, 0.15) is 5.82 Å². The molecule has 0 aliphatic carbocycles. The molecule has 0 radical (unpaired) electrons. The highest BCUT2D eigenvalue weighted by Gasteiger charge is 2.23. The summed E-state index contributed by atoms with van der Waals surface area (Å²) >= 11 is 3.46. The molecular formula is C15H24BrFN2. The fraction of sp³-hybridized carbons (Fsp3) is 0.600. The smallest absolute Gasteiger partial charge is 0.123 e. The van der Waals surface area contributed by atoms with Crippen LogP contribution in [-0.2, 0) is 6.42 Å². The van der Waals surface area contributed by atoms with Gasteiger partial charge in [-0.1, -0.05) is 43.6 Å². The van der Waals surface area contributed by atoms with E-state index in [1.807, 2.05) is 0 Å². The van der Waals surface area contributed by atoms with E-state index in [1.165, 1.54) is 6.07 Å². The molecule has 0 aromatic heterocycles. The van der Waals surface area contributed by atoms with Crippen LogP contribution in [0.1, 0.15) is 39.7 Å². The molecule has 19 heavy (non-hydrogen) atoms. The average molecular weight is 331 g/mol. The maximum absolute atomic E-state index is 13.3. The van der Waals surface area contributed by atoms with E-state index in [4.69, 9.17) is 5.84 Å². The Morgan fingerprint density at radius 2 is 2.00 bits per heavy atom. The molecule has 0 saturated heterocycles. The van der Waals surface area contributed by atoms with E-state index in [2.05, 4.69) is 49.1 Å². The van der Waals surface area contributed by atoms with Gasteiger partial charge in [0, 0.05) is 10.5 Å². The first-order chi connectivity index (χ1) is 8.74. The molecule has 0 heterocycles. The zero-order valence-electron chi connectivity index (χ0n) is 12.1. The molecule has 0 fully saturated rings. The molecule has 1 aromatic rings. The van der Waals surface area contributed by atoms with Gasteiger partial charge in [0.15, 0.2) is 0 Å². The van der Waals surface area contributed by atoms with Gasteiger partial charge in [-0.3, -0.25) is 11.3 Å². The number of hydrogen-bond donors (Lipinski definition) is 2. The Kier molecular flexibility index (Phi) is 5.96. The highest BCUT2D eigenvalue weighted by Crippen LogP contribution is 2.30. The predicted octanol–water partition coefficient (Wildman–Crippen LogP) is 4.03. The lowest BCUT2D eigenvalue weighted by molar-refractivity contribution is 0.222. The third-order valence-electron chi connectivity index (χ3n) is 3.83. The maximum atomic E-state index is 13.3. The van der Waals surface area contributed by atoms with E-state index in [1.54, 1.807) is 12.1 Å². The molecule has 2 atom stereocenters. The Bertz CT molecular complexity index is 415. The largest absolute Gasteiger partial charge is 0.271 e. The normalized spacial score (nSPS) is 15.3. The van der Waals surface area contributed by atoms with Gasteiger partial charge in [0.2, 0.25) is 0 Å². The zero-order chi connectivity index (χ0) is 14.6. The Balaban J connectivity index is 2.74. The molecular weight excluding hydrogens is 307 g/mol. The molecule has 2 nitrogen and oxygen atoms in total. The Morgan fingerprint density at radius 3 is 2.53 bits per heavy atom. The van der Waals surface area contributed by atoms with E-state index in [0.717, 1.165) is 22.9 Å². The number of nitrogens with two attached hydrogens (primary N) is 1. The third kappa shape index (κ3) is 5.21. The van der Waals surface area contributed by atoms with Crippen molar-refractivity contribution < 1.29 is 4.39 Å². The van der Waals surface area contributed by atoms with Crippen molar-refractivity contribution in [2.45, 2.75) is 46.6 Å². The number of hydrazine groups is 1. The lowest BCUT2D eigenvalue weighted by Crippen LogP contribution is -2.39. The molecule has 3 N–H and O–H groups in total. The van der Waals surface area contributed by atoms with Crippen molar-refractivity contribution in [3.63, 3.8) is 0 Å². The van der Waals surface area contributed by atoms with Gasteiger partial charge in [-0.2, -0.15) is 0 Å². The van der Waals surface area contributed by atoms with E-state index in [9.17, 15) is 4.39 Å². The highest BCUT2D eigenvalue weighted by molar-refractivity contribution is 9.10. The lowest BCUT2D eigenvalue weighted by atomic mass is 9.78. The molecule has 0 aliphatic heterocycles. The molecule has 1 aromatic carbocycles. The van der Waals surface area contributed by atoms with Crippen LogP contribution in [0.4, 0.5) is 4.39 Å². The summed E-state index contributed by atoms with van der Waals surface area (Å²) < 4.78 is 14.2. The van der Waals surface area contributed by atoms with Crippen LogP contribution < -0.4 is 11.3 Å². The number of hydrogen-bond acceptors (Lipinski definition) is 2. The Labute approximate surface area is 124 Å². The minimum absolute atomic E-state index is 0.146. The number of nitrogens with one attached hydrogen (secondary N) is 1. The average Bonchev–Trinajstić information content (AvgIpc) is 2.31. The van der Waals surface area contributed by atoms with Crippen LogP contribution in [0.3, 0.4) is 0 Å². The first kappa shape index (κ1) is 16.6. The zero-order valence-corrected chi connectivity index (χ0v) is 13.7. The summed E-state index contributed by atoms with van der Waals surface area (Å²) in [5, 5.41) is 0. The van der Waals surface area contributed by atoms with Gasteiger partial charge < -0.3 is 0 Å². The second kappa shape index (κ2) is 6.82. The number of halogens is 2. The standard InChI is InChI=1S/C15H24BrFN2/c1-10(15(2,3)4)7-13(19-18)9-11-8-12(17)5-6-14(11)16/h5-6,8,10,13,19H,7,9,18H2,1-4H3. The molecule has 0 saturated carbocycles. The van der Waals surface area contributed by atoms with Gasteiger partial charge in [0.05, 0.1) is 0 Å². The Hall–Kier alpha value is -0.450. The fourth-order valence-electron chi connectivity index (χ4n) is 1.96. The van der Waals surface area contributed by atoms with Gasteiger partial charge in [0.25, 0.3) is 0 Å². The first-order valence-corrected chi connectivity index (χ1v) is 7.43. The summed E-state index contributed by atoms with van der Waals surface area (Å²) in [6, 6.07) is 4.91.